The quantitative estimate of drug-likeness (QED) is 0.858. The number of aryl methyl sites for hydroxylation is 1. The van der Waals surface area contributed by atoms with Gasteiger partial charge in [-0.05, 0) is 36.2 Å². The minimum atomic E-state index is -0.315. The number of carbonyl (C=O) groups is 2. The van der Waals surface area contributed by atoms with E-state index >= 15 is 0 Å². The number of halogens is 1. The van der Waals surface area contributed by atoms with Gasteiger partial charge in [-0.2, -0.15) is 0 Å². The molecule has 1 heterocycles. The fourth-order valence-corrected chi connectivity index (χ4v) is 2.43. The molecule has 0 atom stereocenters. The zero-order valence-corrected chi connectivity index (χ0v) is 15.1. The van der Waals surface area contributed by atoms with Gasteiger partial charge in [0.05, 0.1) is 12.8 Å². The topological polar surface area (TPSA) is 71.5 Å². The van der Waals surface area contributed by atoms with Gasteiger partial charge in [0, 0.05) is 37.0 Å². The highest BCUT2D eigenvalue weighted by molar-refractivity contribution is 6.31. The first-order valence-corrected chi connectivity index (χ1v) is 8.07. The summed E-state index contributed by atoms with van der Waals surface area (Å²) < 4.78 is 5.24. The van der Waals surface area contributed by atoms with Crippen molar-refractivity contribution in [2.45, 2.75) is 20.4 Å². The van der Waals surface area contributed by atoms with Crippen molar-refractivity contribution in [1.82, 2.24) is 9.88 Å². The molecule has 1 N–H and O–H groups in total. The predicted molar refractivity (Wildman–Crippen MR) is 96.7 cm³/mol. The van der Waals surface area contributed by atoms with E-state index in [9.17, 15) is 9.59 Å². The molecule has 2 rings (SSSR count). The Morgan fingerprint density at radius 1 is 1.28 bits per heavy atom. The summed E-state index contributed by atoms with van der Waals surface area (Å²) in [5.74, 6) is -0.0389. The molecule has 0 saturated heterocycles. The Balaban J connectivity index is 2.09. The summed E-state index contributed by atoms with van der Waals surface area (Å²) in [5, 5.41) is 3.33. The summed E-state index contributed by atoms with van der Waals surface area (Å²) in [7, 11) is 1.50. The molecular formula is C18H20ClN3O3. The van der Waals surface area contributed by atoms with Crippen LogP contribution in [0.4, 0.5) is 5.69 Å². The van der Waals surface area contributed by atoms with Crippen LogP contribution in [0.15, 0.2) is 36.7 Å². The normalized spacial score (nSPS) is 10.2. The minimum absolute atomic E-state index is 0.0670. The molecule has 0 unspecified atom stereocenters. The van der Waals surface area contributed by atoms with Gasteiger partial charge < -0.3 is 15.0 Å². The maximum absolute atomic E-state index is 12.4. The van der Waals surface area contributed by atoms with Gasteiger partial charge >= 0.3 is 0 Å². The first-order valence-electron chi connectivity index (χ1n) is 7.69. The van der Waals surface area contributed by atoms with Crippen molar-refractivity contribution in [3.8, 4) is 5.75 Å². The first kappa shape index (κ1) is 18.7. The van der Waals surface area contributed by atoms with E-state index in [1.54, 1.807) is 36.7 Å². The fraction of sp³-hybridized carbons (Fsp3) is 0.278. The molecule has 0 bridgehead atoms. The zero-order chi connectivity index (χ0) is 18.4. The molecular weight excluding hydrogens is 342 g/mol. The molecule has 0 saturated carbocycles. The summed E-state index contributed by atoms with van der Waals surface area (Å²) in [6, 6.07) is 6.99. The van der Waals surface area contributed by atoms with Gasteiger partial charge in [-0.25, -0.2) is 0 Å². The number of benzene rings is 1. The predicted octanol–water partition coefficient (Wildman–Crippen LogP) is 3.04. The van der Waals surface area contributed by atoms with Crippen LogP contribution in [-0.4, -0.2) is 35.4 Å². The lowest BCUT2D eigenvalue weighted by molar-refractivity contribution is -0.133. The lowest BCUT2D eigenvalue weighted by Gasteiger charge is -2.21. The van der Waals surface area contributed by atoms with Crippen LogP contribution in [0.25, 0.3) is 0 Å². The van der Waals surface area contributed by atoms with Gasteiger partial charge in [0.2, 0.25) is 11.8 Å². The first-order chi connectivity index (χ1) is 11.9. The number of rotatable bonds is 6. The number of nitrogens with one attached hydrogen (secondary N) is 1. The molecule has 0 radical (unpaired) electrons. The van der Waals surface area contributed by atoms with Crippen molar-refractivity contribution in [1.29, 1.82) is 0 Å². The molecule has 1 aromatic heterocycles. The number of anilines is 1. The standard InChI is InChI=1S/C18H20ClN3O3/c1-12-8-16(17(25-3)9-15(12)19)21-18(24)11-22(13(2)23)10-14-4-6-20-7-5-14/h4-9H,10-11H2,1-3H3,(H,21,24). The van der Waals surface area contributed by atoms with Crippen LogP contribution < -0.4 is 10.1 Å². The van der Waals surface area contributed by atoms with Crippen molar-refractivity contribution in [3.63, 3.8) is 0 Å². The molecule has 6 nitrogen and oxygen atoms in total. The van der Waals surface area contributed by atoms with E-state index in [1.165, 1.54) is 18.9 Å². The highest BCUT2D eigenvalue weighted by Gasteiger charge is 2.16. The van der Waals surface area contributed by atoms with Crippen molar-refractivity contribution in [2.24, 2.45) is 0 Å². The molecule has 132 valence electrons. The Bertz CT molecular complexity index is 766. The summed E-state index contributed by atoms with van der Waals surface area (Å²) in [4.78, 5) is 29.6. The number of hydrogen-bond acceptors (Lipinski definition) is 4. The van der Waals surface area contributed by atoms with Gasteiger partial charge in [0.15, 0.2) is 0 Å². The van der Waals surface area contributed by atoms with Crippen LogP contribution in [-0.2, 0) is 16.1 Å². The second kappa shape index (κ2) is 8.48. The molecule has 2 amide bonds. The van der Waals surface area contributed by atoms with E-state index in [0.29, 0.717) is 23.0 Å². The number of methoxy groups -OCH3 is 1. The largest absolute Gasteiger partial charge is 0.495 e. The summed E-state index contributed by atoms with van der Waals surface area (Å²) >= 11 is 6.07. The van der Waals surface area contributed by atoms with Gasteiger partial charge in [0.25, 0.3) is 0 Å². The third-order valence-electron chi connectivity index (χ3n) is 3.66. The number of pyridine rings is 1. The van der Waals surface area contributed by atoms with E-state index in [-0.39, 0.29) is 18.4 Å². The monoisotopic (exact) mass is 361 g/mol. The summed E-state index contributed by atoms with van der Waals surface area (Å²) in [6.07, 6.45) is 3.30. The van der Waals surface area contributed by atoms with Gasteiger partial charge in [-0.3, -0.25) is 14.6 Å². The van der Waals surface area contributed by atoms with Crippen molar-refractivity contribution in [3.05, 3.63) is 52.8 Å². The van der Waals surface area contributed by atoms with Crippen LogP contribution in [0.5, 0.6) is 5.75 Å². The highest BCUT2D eigenvalue weighted by Crippen LogP contribution is 2.30. The van der Waals surface area contributed by atoms with E-state index in [4.69, 9.17) is 16.3 Å². The molecule has 25 heavy (non-hydrogen) atoms. The third kappa shape index (κ3) is 5.19. The maximum atomic E-state index is 12.4. The number of nitrogens with zero attached hydrogens (tertiary/aromatic N) is 2. The highest BCUT2D eigenvalue weighted by atomic mass is 35.5. The Morgan fingerprint density at radius 2 is 1.96 bits per heavy atom. The molecule has 0 spiro atoms. The van der Waals surface area contributed by atoms with Crippen LogP contribution in [0.3, 0.4) is 0 Å². The molecule has 0 aliphatic rings. The fourth-order valence-electron chi connectivity index (χ4n) is 2.28. The second-order valence-corrected chi connectivity index (χ2v) is 5.99. The van der Waals surface area contributed by atoms with Crippen molar-refractivity contribution < 1.29 is 14.3 Å². The van der Waals surface area contributed by atoms with Crippen LogP contribution >= 0.6 is 11.6 Å². The lowest BCUT2D eigenvalue weighted by Crippen LogP contribution is -2.36. The Kier molecular flexibility index (Phi) is 6.36. The van der Waals surface area contributed by atoms with Crippen molar-refractivity contribution in [2.75, 3.05) is 19.0 Å². The van der Waals surface area contributed by atoms with E-state index in [2.05, 4.69) is 10.3 Å². The number of ether oxygens (including phenoxy) is 1. The molecule has 0 aliphatic carbocycles. The molecule has 2 aromatic rings. The second-order valence-electron chi connectivity index (χ2n) is 5.58. The Hall–Kier alpha value is -2.60. The lowest BCUT2D eigenvalue weighted by atomic mass is 10.2. The minimum Gasteiger partial charge on any atom is -0.495 e. The van der Waals surface area contributed by atoms with E-state index < -0.39 is 0 Å². The van der Waals surface area contributed by atoms with E-state index in [0.717, 1.165) is 11.1 Å². The summed E-state index contributed by atoms with van der Waals surface area (Å²) in [5.41, 5.74) is 2.23. The zero-order valence-electron chi connectivity index (χ0n) is 14.4. The third-order valence-corrected chi connectivity index (χ3v) is 4.06. The molecule has 7 heteroatoms. The molecule has 1 aromatic carbocycles. The van der Waals surface area contributed by atoms with Gasteiger partial charge in [-0.1, -0.05) is 11.6 Å². The SMILES string of the molecule is COc1cc(Cl)c(C)cc1NC(=O)CN(Cc1ccncc1)C(C)=O. The van der Waals surface area contributed by atoms with Crippen LogP contribution in [0.2, 0.25) is 5.02 Å². The number of amides is 2. The summed E-state index contributed by atoms with van der Waals surface area (Å²) in [6.45, 7) is 3.54. The number of aromatic nitrogens is 1. The number of hydrogen-bond donors (Lipinski definition) is 1. The average molecular weight is 362 g/mol. The maximum Gasteiger partial charge on any atom is 0.244 e. The molecule has 0 fully saturated rings. The average Bonchev–Trinajstić information content (AvgIpc) is 2.58. The number of carbonyl (C=O) groups excluding carboxylic acids is 2. The smallest absolute Gasteiger partial charge is 0.244 e. The van der Waals surface area contributed by atoms with Gasteiger partial charge in [0.1, 0.15) is 12.3 Å². The van der Waals surface area contributed by atoms with Gasteiger partial charge in [-0.15, -0.1) is 0 Å². The molecule has 0 aliphatic heterocycles. The van der Waals surface area contributed by atoms with E-state index in [1.807, 2.05) is 6.92 Å². The Labute approximate surface area is 151 Å². The Morgan fingerprint density at radius 3 is 2.56 bits per heavy atom. The van der Waals surface area contributed by atoms with Crippen molar-refractivity contribution >= 4 is 29.1 Å². The van der Waals surface area contributed by atoms with Crippen LogP contribution in [0.1, 0.15) is 18.1 Å². The van der Waals surface area contributed by atoms with Crippen LogP contribution in [0, 0.1) is 6.92 Å².